The summed E-state index contributed by atoms with van der Waals surface area (Å²) in [6.45, 7) is 3.50. The monoisotopic (exact) mass is 474 g/mol. The van der Waals surface area contributed by atoms with E-state index in [1.165, 1.54) is 12.1 Å². The maximum Gasteiger partial charge on any atom is 0.254 e. The molecular weight excluding hydrogens is 451 g/mol. The Morgan fingerprint density at radius 3 is 2.59 bits per heavy atom. The van der Waals surface area contributed by atoms with Gasteiger partial charge >= 0.3 is 0 Å². The van der Waals surface area contributed by atoms with E-state index in [0.717, 1.165) is 41.7 Å². The van der Waals surface area contributed by atoms with Gasteiger partial charge in [0.05, 0.1) is 0 Å². The molecule has 0 radical (unpaired) electrons. The van der Waals surface area contributed by atoms with Crippen LogP contribution in [0.15, 0.2) is 72.4 Å². The highest BCUT2D eigenvalue weighted by Crippen LogP contribution is 2.22. The average Bonchev–Trinajstić information content (AvgIpc) is 3.41. The van der Waals surface area contributed by atoms with E-state index in [1.807, 2.05) is 41.9 Å². The number of thiazole rings is 1. The van der Waals surface area contributed by atoms with Gasteiger partial charge in [-0.2, -0.15) is 0 Å². The molecule has 4 heterocycles. The number of nitrogens with zero attached hydrogens (tertiary/aromatic N) is 5. The third-order valence-corrected chi connectivity index (χ3v) is 6.41. The summed E-state index contributed by atoms with van der Waals surface area (Å²) in [7, 11) is 0. The van der Waals surface area contributed by atoms with Crippen LogP contribution in [0.1, 0.15) is 15.9 Å². The zero-order valence-electron chi connectivity index (χ0n) is 18.4. The Bertz CT molecular complexity index is 1260. The predicted molar refractivity (Wildman–Crippen MR) is 130 cm³/mol. The SMILES string of the molecule is O=C(c1cccc(F)c1)N1CCN(Cc2ccc(Nc3cccc(-c4nccs4)n3)nc2)CC1. The predicted octanol–water partition coefficient (Wildman–Crippen LogP) is 4.44. The van der Waals surface area contributed by atoms with Crippen LogP contribution in [0.4, 0.5) is 16.0 Å². The molecule has 0 saturated carbocycles. The number of rotatable bonds is 6. The van der Waals surface area contributed by atoms with Crippen molar-refractivity contribution in [2.24, 2.45) is 0 Å². The number of hydrogen-bond acceptors (Lipinski definition) is 7. The molecule has 7 nitrogen and oxygen atoms in total. The molecule has 3 aromatic heterocycles. The highest BCUT2D eigenvalue weighted by atomic mass is 32.1. The van der Waals surface area contributed by atoms with Crippen LogP contribution >= 0.6 is 11.3 Å². The van der Waals surface area contributed by atoms with Crippen molar-refractivity contribution >= 4 is 28.9 Å². The number of aromatic nitrogens is 3. The Kier molecular flexibility index (Phi) is 6.55. The van der Waals surface area contributed by atoms with Gasteiger partial charge in [0.25, 0.3) is 5.91 Å². The number of carbonyl (C=O) groups is 1. The summed E-state index contributed by atoms with van der Waals surface area (Å²) < 4.78 is 13.4. The number of piperazine rings is 1. The topological polar surface area (TPSA) is 74.2 Å². The van der Waals surface area contributed by atoms with E-state index < -0.39 is 5.82 Å². The summed E-state index contributed by atoms with van der Waals surface area (Å²) >= 11 is 1.55. The molecule has 1 fully saturated rings. The number of pyridine rings is 2. The summed E-state index contributed by atoms with van der Waals surface area (Å²) in [5.41, 5.74) is 2.32. The van der Waals surface area contributed by atoms with Gasteiger partial charge in [0.15, 0.2) is 0 Å². The van der Waals surface area contributed by atoms with Gasteiger partial charge in [-0.3, -0.25) is 9.69 Å². The first-order chi connectivity index (χ1) is 16.6. The normalized spacial score (nSPS) is 14.2. The second kappa shape index (κ2) is 10.1. The zero-order chi connectivity index (χ0) is 23.3. The summed E-state index contributed by atoms with van der Waals surface area (Å²) in [6.07, 6.45) is 3.63. The molecule has 1 aliphatic rings. The molecule has 4 aromatic rings. The second-order valence-corrected chi connectivity index (χ2v) is 8.90. The number of anilines is 2. The van der Waals surface area contributed by atoms with Gasteiger partial charge in [0.1, 0.15) is 28.2 Å². The van der Waals surface area contributed by atoms with Crippen LogP contribution in [0.2, 0.25) is 0 Å². The van der Waals surface area contributed by atoms with Gasteiger partial charge in [-0.1, -0.05) is 18.2 Å². The van der Waals surface area contributed by atoms with Gasteiger partial charge in [0.2, 0.25) is 0 Å². The van der Waals surface area contributed by atoms with Crippen molar-refractivity contribution in [2.45, 2.75) is 6.54 Å². The smallest absolute Gasteiger partial charge is 0.254 e. The number of benzene rings is 1. The summed E-state index contributed by atoms with van der Waals surface area (Å²) in [5, 5.41) is 6.05. The fourth-order valence-electron chi connectivity index (χ4n) is 3.87. The van der Waals surface area contributed by atoms with Gasteiger partial charge < -0.3 is 10.2 Å². The molecule has 0 atom stereocenters. The molecule has 1 aromatic carbocycles. The number of amides is 1. The molecule has 1 aliphatic heterocycles. The first kappa shape index (κ1) is 22.1. The van der Waals surface area contributed by atoms with Crippen LogP contribution in [0.3, 0.4) is 0 Å². The fraction of sp³-hybridized carbons (Fsp3) is 0.200. The molecule has 1 saturated heterocycles. The largest absolute Gasteiger partial charge is 0.336 e. The van der Waals surface area contributed by atoms with Crippen molar-refractivity contribution in [1.29, 1.82) is 0 Å². The van der Waals surface area contributed by atoms with Crippen LogP contribution in [-0.4, -0.2) is 56.8 Å². The molecule has 0 aliphatic carbocycles. The minimum Gasteiger partial charge on any atom is -0.336 e. The van der Waals surface area contributed by atoms with Crippen LogP contribution in [0, 0.1) is 5.82 Å². The Labute approximate surface area is 200 Å². The van der Waals surface area contributed by atoms with Crippen LogP contribution in [0.25, 0.3) is 10.7 Å². The first-order valence-corrected chi connectivity index (χ1v) is 11.9. The van der Waals surface area contributed by atoms with Crippen molar-refractivity contribution < 1.29 is 9.18 Å². The Morgan fingerprint density at radius 1 is 1.00 bits per heavy atom. The van der Waals surface area contributed by atoms with Crippen molar-refractivity contribution in [2.75, 3.05) is 31.5 Å². The number of carbonyl (C=O) groups excluding carboxylic acids is 1. The number of hydrogen-bond donors (Lipinski definition) is 1. The molecular formula is C25H23FN6OS. The lowest BCUT2D eigenvalue weighted by Gasteiger charge is -2.34. The summed E-state index contributed by atoms with van der Waals surface area (Å²) in [5.74, 6) is 0.923. The molecule has 172 valence electrons. The van der Waals surface area contributed by atoms with Crippen LogP contribution in [0.5, 0.6) is 0 Å². The number of nitrogens with one attached hydrogen (secondary N) is 1. The van der Waals surface area contributed by atoms with Gasteiger partial charge in [-0.25, -0.2) is 19.3 Å². The van der Waals surface area contributed by atoms with E-state index >= 15 is 0 Å². The Balaban J connectivity index is 1.14. The third-order valence-electron chi connectivity index (χ3n) is 5.62. The van der Waals surface area contributed by atoms with E-state index in [2.05, 4.69) is 25.2 Å². The fourth-order valence-corrected chi connectivity index (χ4v) is 4.47. The van der Waals surface area contributed by atoms with Crippen LogP contribution < -0.4 is 5.32 Å². The molecule has 9 heteroatoms. The standard InChI is InChI=1S/C25H23FN6OS/c26-20-4-1-3-19(15-20)25(33)32-12-10-31(11-13-32)17-18-7-8-22(28-16-18)30-23-6-2-5-21(29-23)24-27-9-14-34-24/h1-9,14-16H,10-13,17H2,(H,28,29,30). The van der Waals surface area contributed by atoms with Gasteiger partial charge in [0, 0.05) is 56.1 Å². The summed E-state index contributed by atoms with van der Waals surface area (Å²) in [4.78, 5) is 30.1. The second-order valence-electron chi connectivity index (χ2n) is 8.00. The van der Waals surface area contributed by atoms with E-state index in [9.17, 15) is 9.18 Å². The minimum atomic E-state index is -0.391. The van der Waals surface area contributed by atoms with Gasteiger partial charge in [-0.05, 0) is 42.0 Å². The highest BCUT2D eigenvalue weighted by Gasteiger charge is 2.22. The van der Waals surface area contributed by atoms with Crippen molar-refractivity contribution in [3.63, 3.8) is 0 Å². The summed E-state index contributed by atoms with van der Waals surface area (Å²) in [6, 6.07) is 15.6. The lowest BCUT2D eigenvalue weighted by atomic mass is 10.1. The molecule has 0 spiro atoms. The Hall–Kier alpha value is -3.69. The zero-order valence-corrected chi connectivity index (χ0v) is 19.2. The van der Waals surface area contributed by atoms with Gasteiger partial charge in [-0.15, -0.1) is 11.3 Å². The number of halogens is 1. The van der Waals surface area contributed by atoms with E-state index in [-0.39, 0.29) is 5.91 Å². The maximum atomic E-state index is 13.4. The first-order valence-electron chi connectivity index (χ1n) is 11.0. The molecule has 34 heavy (non-hydrogen) atoms. The van der Waals surface area contributed by atoms with E-state index in [4.69, 9.17) is 0 Å². The quantitative estimate of drug-likeness (QED) is 0.445. The van der Waals surface area contributed by atoms with Crippen molar-refractivity contribution in [1.82, 2.24) is 24.8 Å². The van der Waals surface area contributed by atoms with E-state index in [0.29, 0.717) is 24.5 Å². The molecule has 1 N–H and O–H groups in total. The maximum absolute atomic E-state index is 13.4. The van der Waals surface area contributed by atoms with Crippen molar-refractivity contribution in [3.05, 3.63) is 89.3 Å². The molecule has 5 rings (SSSR count). The molecule has 1 amide bonds. The third kappa shape index (κ3) is 5.27. The average molecular weight is 475 g/mol. The van der Waals surface area contributed by atoms with Crippen molar-refractivity contribution in [3.8, 4) is 10.7 Å². The molecule has 0 bridgehead atoms. The Morgan fingerprint density at radius 2 is 1.85 bits per heavy atom. The molecule has 0 unspecified atom stereocenters. The lowest BCUT2D eigenvalue weighted by Crippen LogP contribution is -2.48. The van der Waals surface area contributed by atoms with E-state index in [1.54, 1.807) is 34.6 Å². The minimum absolute atomic E-state index is 0.121. The highest BCUT2D eigenvalue weighted by molar-refractivity contribution is 7.13. The van der Waals surface area contributed by atoms with Crippen LogP contribution in [-0.2, 0) is 6.54 Å². The lowest BCUT2D eigenvalue weighted by molar-refractivity contribution is 0.0628.